The first-order valence-electron chi connectivity index (χ1n) is 8.48. The molecule has 0 radical (unpaired) electrons. The molecule has 0 spiro atoms. The van der Waals surface area contributed by atoms with E-state index in [2.05, 4.69) is 14.7 Å². The average molecular weight is 364 g/mol. The number of ether oxygens (including phenoxy) is 3. The molecular weight excluding hydrogens is 344 g/mol. The number of carbonyl (C=O) groups excluding carboxylic acids is 1. The lowest BCUT2D eigenvalue weighted by molar-refractivity contribution is -0.140. The lowest BCUT2D eigenvalue weighted by Crippen LogP contribution is -2.01. The van der Waals surface area contributed by atoms with Gasteiger partial charge in [-0.05, 0) is 42.3 Å². The van der Waals surface area contributed by atoms with Crippen LogP contribution in [0.3, 0.4) is 0 Å². The van der Waals surface area contributed by atoms with E-state index in [0.29, 0.717) is 30.2 Å². The number of benzene rings is 1. The van der Waals surface area contributed by atoms with Crippen molar-refractivity contribution in [2.75, 3.05) is 14.2 Å². The van der Waals surface area contributed by atoms with Crippen molar-refractivity contribution in [1.29, 1.82) is 0 Å². The monoisotopic (exact) mass is 364 g/mol. The topological polar surface area (TPSA) is 70.5 Å². The number of rotatable bonds is 7. The Bertz CT molecular complexity index is 910. The maximum atomic E-state index is 11.2. The lowest BCUT2D eigenvalue weighted by atomic mass is 10.1. The molecule has 0 N–H and O–H groups in total. The molecule has 0 aliphatic carbocycles. The highest BCUT2D eigenvalue weighted by Gasteiger charge is 2.13. The molecule has 1 aromatic carbocycles. The number of esters is 1. The molecule has 0 amide bonds. The number of hydrogen-bond donors (Lipinski definition) is 0. The Hall–Kier alpha value is -3.41. The van der Waals surface area contributed by atoms with Crippen molar-refractivity contribution in [2.45, 2.75) is 12.8 Å². The summed E-state index contributed by atoms with van der Waals surface area (Å²) in [4.78, 5) is 19.8. The Balaban J connectivity index is 1.80. The number of pyridine rings is 2. The molecule has 0 atom stereocenters. The van der Waals surface area contributed by atoms with Crippen LogP contribution in [0.4, 0.5) is 0 Å². The van der Waals surface area contributed by atoms with Crippen LogP contribution in [0.5, 0.6) is 17.4 Å². The van der Waals surface area contributed by atoms with E-state index in [9.17, 15) is 4.79 Å². The van der Waals surface area contributed by atoms with E-state index >= 15 is 0 Å². The van der Waals surface area contributed by atoms with E-state index in [1.165, 1.54) is 7.11 Å². The Morgan fingerprint density at radius 1 is 1.00 bits per heavy atom. The first-order chi connectivity index (χ1) is 13.2. The van der Waals surface area contributed by atoms with Gasteiger partial charge in [-0.2, -0.15) is 0 Å². The Labute approximate surface area is 157 Å². The van der Waals surface area contributed by atoms with Crippen LogP contribution in [0, 0.1) is 0 Å². The van der Waals surface area contributed by atoms with Crippen LogP contribution < -0.4 is 9.47 Å². The van der Waals surface area contributed by atoms with Gasteiger partial charge in [0.15, 0.2) is 0 Å². The van der Waals surface area contributed by atoms with Gasteiger partial charge in [0.05, 0.1) is 14.2 Å². The molecule has 2 heterocycles. The van der Waals surface area contributed by atoms with Crippen molar-refractivity contribution < 1.29 is 19.0 Å². The molecule has 2 aromatic heterocycles. The van der Waals surface area contributed by atoms with Crippen LogP contribution in [-0.4, -0.2) is 30.2 Å². The van der Waals surface area contributed by atoms with Crippen molar-refractivity contribution in [2.24, 2.45) is 0 Å². The maximum absolute atomic E-state index is 11.2. The number of aryl methyl sites for hydroxylation is 1. The molecule has 138 valence electrons. The zero-order valence-electron chi connectivity index (χ0n) is 15.2. The third-order valence-corrected chi connectivity index (χ3v) is 4.05. The van der Waals surface area contributed by atoms with E-state index in [1.54, 1.807) is 31.8 Å². The van der Waals surface area contributed by atoms with Crippen molar-refractivity contribution in [1.82, 2.24) is 9.97 Å². The minimum atomic E-state index is -0.223. The van der Waals surface area contributed by atoms with Crippen LogP contribution in [0.15, 0.2) is 61.1 Å². The summed E-state index contributed by atoms with van der Waals surface area (Å²) >= 11 is 0. The van der Waals surface area contributed by atoms with E-state index in [1.807, 2.05) is 36.4 Å². The van der Waals surface area contributed by atoms with Crippen LogP contribution in [0.25, 0.3) is 11.1 Å². The predicted molar refractivity (Wildman–Crippen MR) is 101 cm³/mol. The summed E-state index contributed by atoms with van der Waals surface area (Å²) in [5.41, 5.74) is 2.62. The van der Waals surface area contributed by atoms with Gasteiger partial charge >= 0.3 is 5.97 Å². The third kappa shape index (κ3) is 4.61. The number of hydrogen-bond acceptors (Lipinski definition) is 6. The lowest BCUT2D eigenvalue weighted by Gasteiger charge is -2.12. The van der Waals surface area contributed by atoms with Gasteiger partial charge in [0.25, 0.3) is 0 Å². The molecule has 0 saturated heterocycles. The fourth-order valence-electron chi connectivity index (χ4n) is 2.62. The van der Waals surface area contributed by atoms with Gasteiger partial charge in [0.1, 0.15) is 11.5 Å². The van der Waals surface area contributed by atoms with E-state index in [4.69, 9.17) is 9.47 Å². The molecule has 3 rings (SSSR count). The summed E-state index contributed by atoms with van der Waals surface area (Å²) in [6.45, 7) is 0. The van der Waals surface area contributed by atoms with Crippen LogP contribution in [0.2, 0.25) is 0 Å². The van der Waals surface area contributed by atoms with Crippen LogP contribution in [0.1, 0.15) is 12.0 Å². The molecule has 0 aliphatic rings. The smallest absolute Gasteiger partial charge is 0.305 e. The second-order valence-electron chi connectivity index (χ2n) is 5.75. The minimum absolute atomic E-state index is 0.223. The summed E-state index contributed by atoms with van der Waals surface area (Å²) in [5, 5.41) is 0. The highest BCUT2D eigenvalue weighted by atomic mass is 16.5. The molecule has 0 fully saturated rings. The number of methoxy groups -OCH3 is 2. The standard InChI is InChI=1S/C21H20N2O4/c1-25-19-11-13-22-14-18(19)17-4-3-12-23-21(17)27-16-8-5-15(6-9-16)7-10-20(24)26-2/h3-6,8-9,11-14H,7,10H2,1-2H3. The summed E-state index contributed by atoms with van der Waals surface area (Å²) in [6, 6.07) is 13.1. The van der Waals surface area contributed by atoms with Crippen molar-refractivity contribution in [3.8, 4) is 28.5 Å². The molecule has 6 heteroatoms. The van der Waals surface area contributed by atoms with Gasteiger partial charge < -0.3 is 14.2 Å². The predicted octanol–water partition coefficient (Wildman–Crippen LogP) is 4.05. The van der Waals surface area contributed by atoms with Gasteiger partial charge in [-0.3, -0.25) is 9.78 Å². The molecule has 3 aromatic rings. The molecule has 0 saturated carbocycles. The van der Waals surface area contributed by atoms with E-state index in [-0.39, 0.29) is 5.97 Å². The quantitative estimate of drug-likeness (QED) is 0.589. The summed E-state index contributed by atoms with van der Waals surface area (Å²) in [6.07, 6.45) is 6.04. The highest BCUT2D eigenvalue weighted by Crippen LogP contribution is 2.36. The second kappa shape index (κ2) is 8.80. The van der Waals surface area contributed by atoms with E-state index in [0.717, 1.165) is 16.7 Å². The summed E-state index contributed by atoms with van der Waals surface area (Å²) in [7, 11) is 3.00. The molecule has 0 bridgehead atoms. The van der Waals surface area contributed by atoms with Gasteiger partial charge in [0.2, 0.25) is 5.88 Å². The molecule has 0 aliphatic heterocycles. The fourth-order valence-corrected chi connectivity index (χ4v) is 2.62. The van der Waals surface area contributed by atoms with Gasteiger partial charge in [-0.15, -0.1) is 0 Å². The molecule has 0 unspecified atom stereocenters. The number of aromatic nitrogens is 2. The van der Waals surface area contributed by atoms with Gasteiger partial charge in [-0.25, -0.2) is 4.98 Å². The zero-order chi connectivity index (χ0) is 19.1. The van der Waals surface area contributed by atoms with Crippen molar-refractivity contribution >= 4 is 5.97 Å². The van der Waals surface area contributed by atoms with Gasteiger partial charge in [-0.1, -0.05) is 12.1 Å². The maximum Gasteiger partial charge on any atom is 0.305 e. The number of carbonyl (C=O) groups is 1. The SMILES string of the molecule is COC(=O)CCc1ccc(Oc2ncccc2-c2cnccc2OC)cc1. The van der Waals surface area contributed by atoms with Crippen molar-refractivity contribution in [3.05, 3.63) is 66.6 Å². The Kier molecular flexibility index (Phi) is 5.99. The average Bonchev–Trinajstić information content (AvgIpc) is 2.73. The normalized spacial score (nSPS) is 10.3. The first kappa shape index (κ1) is 18.4. The molecular formula is C21H20N2O4. The first-order valence-corrected chi connectivity index (χ1v) is 8.48. The number of nitrogens with zero attached hydrogens (tertiary/aromatic N) is 2. The molecule has 6 nitrogen and oxygen atoms in total. The van der Waals surface area contributed by atoms with Gasteiger partial charge in [0, 0.05) is 36.1 Å². The zero-order valence-corrected chi connectivity index (χ0v) is 15.2. The largest absolute Gasteiger partial charge is 0.496 e. The third-order valence-electron chi connectivity index (χ3n) is 4.05. The molecule has 27 heavy (non-hydrogen) atoms. The van der Waals surface area contributed by atoms with Crippen LogP contribution in [-0.2, 0) is 16.0 Å². The Morgan fingerprint density at radius 3 is 2.56 bits per heavy atom. The summed E-state index contributed by atoms with van der Waals surface area (Å²) in [5.74, 6) is 1.59. The summed E-state index contributed by atoms with van der Waals surface area (Å²) < 4.78 is 16.1. The minimum Gasteiger partial charge on any atom is -0.496 e. The second-order valence-corrected chi connectivity index (χ2v) is 5.75. The highest BCUT2D eigenvalue weighted by molar-refractivity contribution is 5.73. The van der Waals surface area contributed by atoms with Crippen LogP contribution >= 0.6 is 0 Å². The fraction of sp³-hybridized carbons (Fsp3) is 0.190. The Morgan fingerprint density at radius 2 is 1.81 bits per heavy atom. The van der Waals surface area contributed by atoms with Crippen molar-refractivity contribution in [3.63, 3.8) is 0 Å². The van der Waals surface area contributed by atoms with E-state index < -0.39 is 0 Å².